The highest BCUT2D eigenvalue weighted by atomic mass is 16.5. The second-order valence-electron chi connectivity index (χ2n) is 7.00. The van der Waals surface area contributed by atoms with Crippen LogP contribution in [0.15, 0.2) is 49.1 Å². The number of hydrogen-bond donors (Lipinski definition) is 2. The van der Waals surface area contributed by atoms with E-state index >= 15 is 0 Å². The molecule has 0 aliphatic heterocycles. The first-order valence-corrected chi connectivity index (χ1v) is 10.4. The van der Waals surface area contributed by atoms with Crippen LogP contribution in [0.4, 0.5) is 0 Å². The lowest BCUT2D eigenvalue weighted by molar-refractivity contribution is -0.145. The number of ether oxygens (including phenoxy) is 2. The minimum atomic E-state index is -0.480. The summed E-state index contributed by atoms with van der Waals surface area (Å²) in [6, 6.07) is 7.22. The van der Waals surface area contributed by atoms with Crippen LogP contribution in [0.2, 0.25) is 0 Å². The van der Waals surface area contributed by atoms with Crippen molar-refractivity contribution in [2.45, 2.75) is 57.2 Å². The number of methoxy groups -OCH3 is 2. The van der Waals surface area contributed by atoms with Gasteiger partial charge in [-0.3, -0.25) is 4.79 Å². The second kappa shape index (κ2) is 15.3. The van der Waals surface area contributed by atoms with Gasteiger partial charge in [-0.1, -0.05) is 6.42 Å². The Hall–Kier alpha value is -2.58. The zero-order valence-corrected chi connectivity index (χ0v) is 18.1. The van der Waals surface area contributed by atoms with Crippen molar-refractivity contribution in [3.8, 4) is 0 Å². The van der Waals surface area contributed by atoms with Crippen LogP contribution in [0.3, 0.4) is 0 Å². The van der Waals surface area contributed by atoms with E-state index in [1.807, 2.05) is 41.2 Å². The van der Waals surface area contributed by atoms with Crippen LogP contribution in [0.25, 0.3) is 0 Å². The van der Waals surface area contributed by atoms with E-state index in [4.69, 9.17) is 16.2 Å². The molecule has 8 nitrogen and oxygen atoms in total. The van der Waals surface area contributed by atoms with Crippen LogP contribution in [-0.2, 0) is 25.6 Å². The predicted molar refractivity (Wildman–Crippen MR) is 117 cm³/mol. The molecule has 2 aromatic heterocycles. The Kier molecular flexibility index (Phi) is 13.0. The zero-order valence-electron chi connectivity index (χ0n) is 18.1. The van der Waals surface area contributed by atoms with Gasteiger partial charge >= 0.3 is 11.9 Å². The van der Waals surface area contributed by atoms with E-state index in [0.717, 1.165) is 38.6 Å². The van der Waals surface area contributed by atoms with Crippen molar-refractivity contribution in [2.75, 3.05) is 20.8 Å². The first kappa shape index (κ1) is 25.5. The summed E-state index contributed by atoms with van der Waals surface area (Å²) in [4.78, 5) is 22.5. The number of aromatic nitrogens is 2. The number of nitrogens with zero attached hydrogens (tertiary/aromatic N) is 2. The molecule has 2 atom stereocenters. The molecule has 168 valence electrons. The number of unbranched alkanes of at least 4 members (excludes halogenated alkanes) is 2. The molecule has 0 fully saturated rings. The molecule has 0 aliphatic carbocycles. The molecule has 0 radical (unpaired) electrons. The molecule has 0 aliphatic rings. The lowest BCUT2D eigenvalue weighted by atomic mass is 10.1. The van der Waals surface area contributed by atoms with E-state index in [-0.39, 0.29) is 18.0 Å². The Morgan fingerprint density at radius 2 is 1.40 bits per heavy atom. The molecule has 0 aromatic carbocycles. The van der Waals surface area contributed by atoms with E-state index in [9.17, 15) is 9.59 Å². The Balaban J connectivity index is 0.000000352. The maximum absolute atomic E-state index is 11.8. The van der Waals surface area contributed by atoms with Gasteiger partial charge in [-0.25, -0.2) is 4.79 Å². The minimum absolute atomic E-state index is 0.169. The van der Waals surface area contributed by atoms with Gasteiger partial charge in [-0.2, -0.15) is 0 Å². The molecule has 2 aromatic rings. The van der Waals surface area contributed by atoms with Gasteiger partial charge in [0, 0.05) is 31.3 Å². The number of carbonyl (C=O) groups is 2. The van der Waals surface area contributed by atoms with Crippen molar-refractivity contribution in [1.29, 1.82) is 0 Å². The number of carbonyl (C=O) groups excluding carboxylic acids is 2. The normalized spacial score (nSPS) is 12.4. The monoisotopic (exact) mass is 420 g/mol. The van der Waals surface area contributed by atoms with Crippen molar-refractivity contribution < 1.29 is 19.1 Å². The number of rotatable bonds is 12. The summed E-state index contributed by atoms with van der Waals surface area (Å²) in [7, 11) is 2.78. The summed E-state index contributed by atoms with van der Waals surface area (Å²) < 4.78 is 13.4. The molecule has 0 bridgehead atoms. The fourth-order valence-electron chi connectivity index (χ4n) is 3.01. The second-order valence-corrected chi connectivity index (χ2v) is 7.00. The lowest BCUT2D eigenvalue weighted by Gasteiger charge is -2.16. The Bertz CT molecular complexity index is 686. The largest absolute Gasteiger partial charge is 0.468 e. The summed E-state index contributed by atoms with van der Waals surface area (Å²) in [5, 5.41) is 0. The van der Waals surface area contributed by atoms with E-state index in [0.29, 0.717) is 13.0 Å². The van der Waals surface area contributed by atoms with Gasteiger partial charge < -0.3 is 30.1 Å². The van der Waals surface area contributed by atoms with Crippen molar-refractivity contribution in [3.63, 3.8) is 0 Å². The number of aryl methyl sites for hydroxylation is 1. The van der Waals surface area contributed by atoms with E-state index in [1.54, 1.807) is 0 Å². The predicted octanol–water partition coefficient (Wildman–Crippen LogP) is 2.49. The molecule has 0 unspecified atom stereocenters. The summed E-state index contributed by atoms with van der Waals surface area (Å²) in [6.07, 6.45) is 13.2. The minimum Gasteiger partial charge on any atom is -0.468 e. The highest BCUT2D eigenvalue weighted by Gasteiger charge is 2.19. The van der Waals surface area contributed by atoms with E-state index < -0.39 is 6.04 Å². The maximum Gasteiger partial charge on any atom is 0.328 e. The third-order valence-electron chi connectivity index (χ3n) is 4.74. The molecule has 2 heterocycles. The van der Waals surface area contributed by atoms with Crippen LogP contribution in [0.5, 0.6) is 0 Å². The smallest absolute Gasteiger partial charge is 0.328 e. The van der Waals surface area contributed by atoms with E-state index in [1.165, 1.54) is 14.2 Å². The third kappa shape index (κ3) is 9.76. The summed E-state index contributed by atoms with van der Waals surface area (Å²) in [5.41, 5.74) is 10.7. The maximum atomic E-state index is 11.8. The van der Waals surface area contributed by atoms with Gasteiger partial charge in [0.15, 0.2) is 0 Å². The van der Waals surface area contributed by atoms with Gasteiger partial charge in [0.05, 0.1) is 14.2 Å². The fraction of sp³-hybridized carbons (Fsp3) is 0.545. The highest BCUT2D eigenvalue weighted by molar-refractivity contribution is 5.75. The zero-order chi connectivity index (χ0) is 22.2. The topological polar surface area (TPSA) is 115 Å². The number of hydrogen-bond acceptors (Lipinski definition) is 6. The highest BCUT2D eigenvalue weighted by Crippen LogP contribution is 2.17. The summed E-state index contributed by atoms with van der Waals surface area (Å²) in [6.45, 7) is 1.64. The average molecular weight is 421 g/mol. The van der Waals surface area contributed by atoms with Crippen LogP contribution in [0, 0.1) is 0 Å². The Morgan fingerprint density at radius 1 is 0.833 bits per heavy atom. The summed E-state index contributed by atoms with van der Waals surface area (Å²) in [5.74, 6) is -0.515. The van der Waals surface area contributed by atoms with Crippen LogP contribution < -0.4 is 11.5 Å². The van der Waals surface area contributed by atoms with Crippen molar-refractivity contribution in [2.24, 2.45) is 11.5 Å². The molecule has 0 amide bonds. The fourth-order valence-corrected chi connectivity index (χ4v) is 3.01. The van der Waals surface area contributed by atoms with E-state index in [2.05, 4.69) is 21.7 Å². The van der Waals surface area contributed by atoms with Crippen molar-refractivity contribution in [1.82, 2.24) is 9.13 Å². The molecule has 30 heavy (non-hydrogen) atoms. The summed E-state index contributed by atoms with van der Waals surface area (Å²) >= 11 is 0. The first-order chi connectivity index (χ1) is 14.5. The molecule has 0 saturated heterocycles. The number of esters is 2. The average Bonchev–Trinajstić information content (AvgIpc) is 3.47. The quantitative estimate of drug-likeness (QED) is 0.403. The number of nitrogens with two attached hydrogens (primary N) is 2. The van der Waals surface area contributed by atoms with Gasteiger partial charge in [0.1, 0.15) is 12.1 Å². The van der Waals surface area contributed by atoms with Crippen LogP contribution in [0.1, 0.15) is 44.6 Å². The molecule has 0 spiro atoms. The van der Waals surface area contributed by atoms with Gasteiger partial charge in [0.2, 0.25) is 0 Å². The molecule has 4 N–H and O–H groups in total. The lowest BCUT2D eigenvalue weighted by Crippen LogP contribution is -2.31. The molecule has 0 saturated carbocycles. The Morgan fingerprint density at radius 3 is 1.97 bits per heavy atom. The van der Waals surface area contributed by atoms with Crippen molar-refractivity contribution in [3.05, 3.63) is 49.1 Å². The van der Waals surface area contributed by atoms with Gasteiger partial charge in [-0.15, -0.1) is 0 Å². The van der Waals surface area contributed by atoms with Crippen LogP contribution in [-0.4, -0.2) is 47.9 Å². The molecule has 8 heteroatoms. The van der Waals surface area contributed by atoms with Crippen molar-refractivity contribution >= 4 is 11.9 Å². The first-order valence-electron chi connectivity index (χ1n) is 10.4. The Labute approximate surface area is 179 Å². The standard InChI is InChI=1S/C15H20N2O2.C7H16N2O2/c1-19-15(18)14(17-12-6-7-13-17)8-2-3-9-16-10-4-5-11-16;1-11-7(10)6(9)4-2-3-5-8/h4-7,10-14H,2-3,8-9H2,1H3;6H,2-5,8-9H2,1H3/t14-;6-/m00/s1. The van der Waals surface area contributed by atoms with Gasteiger partial charge in [-0.05, 0) is 62.9 Å². The SMILES string of the molecule is COC(=O)[C@@H](N)CCCCN.COC(=O)[C@H](CCCCn1cccc1)n1cccc1. The molecular weight excluding hydrogens is 384 g/mol. The van der Waals surface area contributed by atoms with Gasteiger partial charge in [0.25, 0.3) is 0 Å². The van der Waals surface area contributed by atoms with Crippen LogP contribution >= 0.6 is 0 Å². The molecular formula is C22H36N4O4. The third-order valence-corrected chi connectivity index (χ3v) is 4.74. The molecule has 2 rings (SSSR count).